The maximum absolute atomic E-state index is 12.8. The number of fused-ring (bicyclic) bond motifs is 6. The summed E-state index contributed by atoms with van der Waals surface area (Å²) in [6.45, 7) is 11.5. The van der Waals surface area contributed by atoms with Gasteiger partial charge in [0.05, 0.1) is 24.6 Å². The number of aliphatic hydroxyl groups excluding tert-OH is 1. The van der Waals surface area contributed by atoms with Crippen LogP contribution in [-0.2, 0) is 20.8 Å². The first-order valence-corrected chi connectivity index (χ1v) is 14.8. The number of primary amides is 1. The zero-order valence-corrected chi connectivity index (χ0v) is 23.6. The number of carboxylic acid groups (broad SMARTS) is 1. The molecule has 6 aliphatic rings. The number of aryl methyl sites for hydroxylation is 1. The second-order valence-electron chi connectivity index (χ2n) is 12.9. The number of hydrogen-bond donors (Lipinski definition) is 3. The van der Waals surface area contributed by atoms with E-state index in [9.17, 15) is 24.6 Å². The van der Waals surface area contributed by atoms with Crippen LogP contribution < -0.4 is 10.5 Å². The van der Waals surface area contributed by atoms with Crippen LogP contribution in [-0.4, -0.2) is 112 Å². The monoisotopic (exact) mass is 554 g/mol. The summed E-state index contributed by atoms with van der Waals surface area (Å²) >= 11 is 0. The normalized spacial score (nSPS) is 35.2. The molecule has 5 atom stereocenters. The number of carbonyl (C=O) groups excluding carboxylic acids is 2. The molecule has 0 aromatic heterocycles. The first-order chi connectivity index (χ1) is 19.0. The van der Waals surface area contributed by atoms with Gasteiger partial charge in [-0.15, -0.1) is 0 Å². The van der Waals surface area contributed by atoms with Gasteiger partial charge in [-0.25, -0.2) is 4.79 Å². The number of ether oxygens (including phenoxy) is 1. The third-order valence-electron chi connectivity index (χ3n) is 10.6. The molecule has 10 heteroatoms. The Balaban J connectivity index is 1.14. The number of piperazine rings is 3. The van der Waals surface area contributed by atoms with Gasteiger partial charge in [-0.1, -0.05) is 12.1 Å². The quantitative estimate of drug-likeness (QED) is 0.306. The number of carboxylic acids is 1. The molecule has 4 N–H and O–H groups in total. The van der Waals surface area contributed by atoms with Crippen LogP contribution in [0.15, 0.2) is 29.5 Å². The number of carbonyl (C=O) groups is 3. The topological polar surface area (TPSA) is 130 Å². The van der Waals surface area contributed by atoms with Gasteiger partial charge in [-0.2, -0.15) is 0 Å². The third kappa shape index (κ3) is 4.40. The lowest BCUT2D eigenvalue weighted by Gasteiger charge is -2.55. The van der Waals surface area contributed by atoms with Crippen molar-refractivity contribution in [3.05, 3.63) is 40.6 Å². The maximum atomic E-state index is 12.8. The second-order valence-corrected chi connectivity index (χ2v) is 12.9. The summed E-state index contributed by atoms with van der Waals surface area (Å²) in [4.78, 5) is 38.0. The van der Waals surface area contributed by atoms with E-state index in [-0.39, 0.29) is 29.5 Å². The summed E-state index contributed by atoms with van der Waals surface area (Å²) in [7, 11) is 0. The molecule has 5 heterocycles. The molecule has 2 amide bonds. The number of nitrogens with two attached hydrogens (primary N) is 1. The molecule has 4 unspecified atom stereocenters. The van der Waals surface area contributed by atoms with E-state index in [2.05, 4.69) is 12.1 Å². The maximum Gasteiger partial charge on any atom is 0.352 e. The average molecular weight is 555 g/mol. The number of β-lactam (4-membered cyclic amide) rings is 1. The van der Waals surface area contributed by atoms with Crippen LogP contribution >= 0.6 is 0 Å². The first kappa shape index (κ1) is 27.2. The Labute approximate surface area is 235 Å². The highest BCUT2D eigenvalue weighted by molar-refractivity contribution is 6.00. The minimum absolute atomic E-state index is 0.0614. The van der Waals surface area contributed by atoms with E-state index in [1.807, 2.05) is 13.0 Å². The number of benzene rings is 1. The summed E-state index contributed by atoms with van der Waals surface area (Å²) in [6, 6.07) is 6.00. The Morgan fingerprint density at radius 1 is 1.12 bits per heavy atom. The Morgan fingerprint density at radius 3 is 2.40 bits per heavy atom. The van der Waals surface area contributed by atoms with Gasteiger partial charge in [0.1, 0.15) is 56.8 Å². The van der Waals surface area contributed by atoms with E-state index in [1.165, 1.54) is 10.5 Å². The molecule has 4 saturated heterocycles. The Hall–Kier alpha value is -2.95. The highest BCUT2D eigenvalue weighted by atomic mass is 16.5. The van der Waals surface area contributed by atoms with Crippen LogP contribution in [0.25, 0.3) is 0 Å². The minimum atomic E-state index is -1.10. The van der Waals surface area contributed by atoms with E-state index in [1.54, 1.807) is 6.92 Å². The smallest absolute Gasteiger partial charge is 0.352 e. The SMILES string of the molecule is Cc1cc(CC[N+]23CC[N+](CC(N)=O)(CC2)CC3)ccc1OC1CCC[C@H]2C1=C(C(=O)O)N1C(=O)C(C(C)O)C21. The molecule has 2 bridgehead atoms. The average Bonchev–Trinajstić information content (AvgIpc) is 3.21. The second kappa shape index (κ2) is 9.85. The van der Waals surface area contributed by atoms with Crippen molar-refractivity contribution in [3.63, 3.8) is 0 Å². The molecule has 1 saturated carbocycles. The molecule has 1 aromatic rings. The van der Waals surface area contributed by atoms with Crippen molar-refractivity contribution in [2.75, 3.05) is 52.4 Å². The minimum Gasteiger partial charge on any atom is -0.486 e. The lowest BCUT2D eigenvalue weighted by molar-refractivity contribution is -1.08. The van der Waals surface area contributed by atoms with Crippen molar-refractivity contribution < 1.29 is 38.3 Å². The Kier molecular flexibility index (Phi) is 6.71. The fourth-order valence-corrected chi connectivity index (χ4v) is 8.32. The van der Waals surface area contributed by atoms with Crippen molar-refractivity contribution in [1.82, 2.24) is 4.90 Å². The molecular formula is C30H42N4O6+2. The van der Waals surface area contributed by atoms with E-state index in [0.29, 0.717) is 18.5 Å². The predicted octanol–water partition coefficient (Wildman–Crippen LogP) is 0.791. The molecule has 40 heavy (non-hydrogen) atoms. The summed E-state index contributed by atoms with van der Waals surface area (Å²) < 4.78 is 8.47. The van der Waals surface area contributed by atoms with Gasteiger partial charge < -0.3 is 34.5 Å². The Bertz CT molecular complexity index is 1250. The highest BCUT2D eigenvalue weighted by Gasteiger charge is 2.62. The summed E-state index contributed by atoms with van der Waals surface area (Å²) in [5.41, 5.74) is 8.56. The van der Waals surface area contributed by atoms with Crippen LogP contribution in [0.3, 0.4) is 0 Å². The first-order valence-electron chi connectivity index (χ1n) is 14.8. The van der Waals surface area contributed by atoms with Crippen LogP contribution in [0.5, 0.6) is 5.75 Å². The van der Waals surface area contributed by atoms with Crippen LogP contribution in [0.1, 0.15) is 37.3 Å². The summed E-state index contributed by atoms with van der Waals surface area (Å²) in [5.74, 6) is -1.50. The van der Waals surface area contributed by atoms with Crippen LogP contribution in [0.2, 0.25) is 0 Å². The van der Waals surface area contributed by atoms with Gasteiger partial charge in [-0.3, -0.25) is 9.59 Å². The van der Waals surface area contributed by atoms with Crippen molar-refractivity contribution in [2.24, 2.45) is 17.6 Å². The van der Waals surface area contributed by atoms with Gasteiger partial charge in [0, 0.05) is 17.9 Å². The fourth-order valence-electron chi connectivity index (χ4n) is 8.32. The zero-order chi connectivity index (χ0) is 28.4. The van der Waals surface area contributed by atoms with Gasteiger partial charge in [-0.05, 0) is 50.3 Å². The fraction of sp³-hybridized carbons (Fsp3) is 0.633. The van der Waals surface area contributed by atoms with Crippen molar-refractivity contribution in [2.45, 2.75) is 57.8 Å². The number of nitrogens with zero attached hydrogens (tertiary/aromatic N) is 3. The zero-order valence-electron chi connectivity index (χ0n) is 23.6. The standard InChI is InChI=1S/C30H40N4O6/c1-18-16-20(8-9-33-10-13-34(14-11-33,15-12-33)17-24(31)36)6-7-22(18)40-23-5-3-4-21-26(23)28(30(38)39)32-27(21)25(19(2)35)29(32)37/h6-7,16,19,21,23,25,27,35H,3-5,8-15,17H2,1-2H3,(H-2,31,36,38,39)/p+2/t19?,21-,23?,25?,27?,33?,34?/m0/s1. The predicted molar refractivity (Wildman–Crippen MR) is 146 cm³/mol. The molecule has 5 fully saturated rings. The summed E-state index contributed by atoms with van der Waals surface area (Å²) in [6.07, 6.45) is 2.14. The van der Waals surface area contributed by atoms with Crippen molar-refractivity contribution in [1.29, 1.82) is 0 Å². The number of quaternary nitrogens is 2. The van der Waals surface area contributed by atoms with Gasteiger partial charge >= 0.3 is 5.97 Å². The number of amides is 2. The molecule has 5 aliphatic heterocycles. The largest absolute Gasteiger partial charge is 0.486 e. The van der Waals surface area contributed by atoms with Gasteiger partial charge in [0.2, 0.25) is 5.91 Å². The van der Waals surface area contributed by atoms with Crippen molar-refractivity contribution >= 4 is 17.8 Å². The van der Waals surface area contributed by atoms with E-state index < -0.39 is 24.1 Å². The molecule has 0 spiro atoms. The lowest BCUT2D eigenvalue weighted by Crippen LogP contribution is -2.76. The number of aliphatic hydroxyl groups is 1. The van der Waals surface area contributed by atoms with Crippen molar-refractivity contribution in [3.8, 4) is 5.75 Å². The number of rotatable bonds is 9. The molecule has 10 nitrogen and oxygen atoms in total. The van der Waals surface area contributed by atoms with E-state index in [0.717, 1.165) is 85.4 Å². The highest BCUT2D eigenvalue weighted by Crippen LogP contribution is 2.52. The molecular weight excluding hydrogens is 512 g/mol. The molecule has 1 aliphatic carbocycles. The van der Waals surface area contributed by atoms with E-state index in [4.69, 9.17) is 10.5 Å². The number of aliphatic carboxylic acids is 1. The van der Waals surface area contributed by atoms with Gasteiger partial charge in [0.25, 0.3) is 5.91 Å². The lowest BCUT2D eigenvalue weighted by atomic mass is 9.71. The van der Waals surface area contributed by atoms with E-state index >= 15 is 0 Å². The molecule has 216 valence electrons. The van der Waals surface area contributed by atoms with Crippen LogP contribution in [0, 0.1) is 18.8 Å². The van der Waals surface area contributed by atoms with Gasteiger partial charge in [0.15, 0.2) is 6.54 Å². The molecule has 7 rings (SSSR count). The Morgan fingerprint density at radius 2 is 1.80 bits per heavy atom. The molecule has 1 aromatic carbocycles. The van der Waals surface area contributed by atoms with Crippen LogP contribution in [0.4, 0.5) is 0 Å². The third-order valence-corrected chi connectivity index (χ3v) is 10.6. The number of hydrogen-bond acceptors (Lipinski definition) is 5. The summed E-state index contributed by atoms with van der Waals surface area (Å²) in [5, 5.41) is 20.3. The molecule has 0 radical (unpaired) electrons.